The van der Waals surface area contributed by atoms with E-state index in [9.17, 15) is 0 Å². The summed E-state index contributed by atoms with van der Waals surface area (Å²) in [6.45, 7) is 5.29. The fourth-order valence-electron chi connectivity index (χ4n) is 3.04. The Bertz CT molecular complexity index is 426. The standard InChI is InChI=1S/C14H19NO/c1-13(2)9-14(13,15)11-7-10-5-3-4-6-12(10)16-8-11/h3-6,11H,7-9,15H2,1-2H3. The van der Waals surface area contributed by atoms with Crippen LogP contribution in [0.15, 0.2) is 24.3 Å². The summed E-state index contributed by atoms with van der Waals surface area (Å²) in [5.41, 5.74) is 8.06. The molecule has 1 aromatic rings. The molecule has 1 aromatic carbocycles. The summed E-state index contributed by atoms with van der Waals surface area (Å²) in [6, 6.07) is 8.30. The first-order valence-corrected chi connectivity index (χ1v) is 6.02. The first-order chi connectivity index (χ1) is 7.53. The lowest BCUT2D eigenvalue weighted by atomic mass is 9.85. The Morgan fingerprint density at radius 1 is 1.31 bits per heavy atom. The van der Waals surface area contributed by atoms with Crippen LogP contribution in [0.4, 0.5) is 0 Å². The van der Waals surface area contributed by atoms with Crippen molar-refractivity contribution in [3.63, 3.8) is 0 Å². The van der Waals surface area contributed by atoms with Crippen LogP contribution in [-0.2, 0) is 6.42 Å². The van der Waals surface area contributed by atoms with Crippen LogP contribution < -0.4 is 10.5 Å². The van der Waals surface area contributed by atoms with Gasteiger partial charge in [0.15, 0.2) is 0 Å². The summed E-state index contributed by atoms with van der Waals surface area (Å²) in [6.07, 6.45) is 2.19. The van der Waals surface area contributed by atoms with Crippen LogP contribution in [0.1, 0.15) is 25.8 Å². The van der Waals surface area contributed by atoms with E-state index in [-0.39, 0.29) is 11.0 Å². The Kier molecular flexibility index (Phi) is 1.91. The quantitative estimate of drug-likeness (QED) is 0.783. The molecule has 1 fully saturated rings. The number of hydrogen-bond donors (Lipinski definition) is 1. The lowest BCUT2D eigenvalue weighted by Crippen LogP contribution is -2.43. The van der Waals surface area contributed by atoms with Crippen molar-refractivity contribution >= 4 is 0 Å². The van der Waals surface area contributed by atoms with E-state index in [0.717, 1.165) is 25.2 Å². The average molecular weight is 217 g/mol. The van der Waals surface area contributed by atoms with Crippen molar-refractivity contribution in [2.45, 2.75) is 32.2 Å². The van der Waals surface area contributed by atoms with Crippen molar-refractivity contribution in [1.29, 1.82) is 0 Å². The van der Waals surface area contributed by atoms with E-state index in [1.54, 1.807) is 0 Å². The number of benzene rings is 1. The minimum absolute atomic E-state index is 0.0134. The number of nitrogens with two attached hydrogens (primary N) is 1. The van der Waals surface area contributed by atoms with Crippen molar-refractivity contribution in [3.05, 3.63) is 29.8 Å². The number of para-hydroxylation sites is 1. The van der Waals surface area contributed by atoms with E-state index in [1.807, 2.05) is 12.1 Å². The molecule has 1 aliphatic heterocycles. The van der Waals surface area contributed by atoms with Crippen molar-refractivity contribution in [2.24, 2.45) is 17.1 Å². The van der Waals surface area contributed by atoms with E-state index in [4.69, 9.17) is 10.5 Å². The zero-order chi connectivity index (χ0) is 11.4. The first kappa shape index (κ1) is 10.2. The highest BCUT2D eigenvalue weighted by molar-refractivity contribution is 5.37. The molecule has 1 aliphatic carbocycles. The van der Waals surface area contributed by atoms with Gasteiger partial charge in [-0.25, -0.2) is 0 Å². The molecule has 2 heteroatoms. The number of fused-ring (bicyclic) bond motifs is 1. The highest BCUT2D eigenvalue weighted by Gasteiger charge is 2.62. The van der Waals surface area contributed by atoms with Gasteiger partial charge in [0.2, 0.25) is 0 Å². The number of hydrogen-bond acceptors (Lipinski definition) is 2. The molecule has 0 aromatic heterocycles. The van der Waals surface area contributed by atoms with Crippen LogP contribution in [0.5, 0.6) is 5.75 Å². The molecule has 0 saturated heterocycles. The normalized spacial score (nSPS) is 35.1. The zero-order valence-electron chi connectivity index (χ0n) is 9.99. The molecule has 16 heavy (non-hydrogen) atoms. The third kappa shape index (κ3) is 1.29. The Morgan fingerprint density at radius 3 is 2.69 bits per heavy atom. The SMILES string of the molecule is CC1(C)CC1(N)C1COc2ccccc2C1. The molecule has 0 radical (unpaired) electrons. The molecule has 1 saturated carbocycles. The van der Waals surface area contributed by atoms with Crippen LogP contribution in [-0.4, -0.2) is 12.1 Å². The minimum atomic E-state index is -0.0134. The van der Waals surface area contributed by atoms with Gasteiger partial charge in [0.05, 0.1) is 6.61 Å². The molecule has 86 valence electrons. The van der Waals surface area contributed by atoms with Crippen molar-refractivity contribution < 1.29 is 4.74 Å². The van der Waals surface area contributed by atoms with Gasteiger partial charge in [0.25, 0.3) is 0 Å². The summed E-state index contributed by atoms with van der Waals surface area (Å²) in [5.74, 6) is 1.51. The van der Waals surface area contributed by atoms with Gasteiger partial charge in [0.1, 0.15) is 5.75 Å². The van der Waals surface area contributed by atoms with Crippen molar-refractivity contribution in [3.8, 4) is 5.75 Å². The van der Waals surface area contributed by atoms with Crippen LogP contribution in [0.3, 0.4) is 0 Å². The fraction of sp³-hybridized carbons (Fsp3) is 0.571. The molecule has 2 aliphatic rings. The lowest BCUT2D eigenvalue weighted by molar-refractivity contribution is 0.176. The van der Waals surface area contributed by atoms with E-state index < -0.39 is 0 Å². The van der Waals surface area contributed by atoms with Gasteiger partial charge in [-0.05, 0) is 29.9 Å². The van der Waals surface area contributed by atoms with Crippen LogP contribution in [0, 0.1) is 11.3 Å². The van der Waals surface area contributed by atoms with E-state index in [2.05, 4.69) is 26.0 Å². The smallest absolute Gasteiger partial charge is 0.122 e. The third-order valence-corrected chi connectivity index (χ3v) is 4.48. The molecule has 0 bridgehead atoms. The van der Waals surface area contributed by atoms with E-state index in [1.165, 1.54) is 5.56 Å². The maximum absolute atomic E-state index is 6.48. The highest BCUT2D eigenvalue weighted by atomic mass is 16.5. The summed E-state index contributed by atoms with van der Waals surface area (Å²) < 4.78 is 5.82. The van der Waals surface area contributed by atoms with E-state index >= 15 is 0 Å². The molecule has 2 N–H and O–H groups in total. The predicted molar refractivity (Wildman–Crippen MR) is 64.4 cm³/mol. The second kappa shape index (κ2) is 3.01. The van der Waals surface area contributed by atoms with Crippen molar-refractivity contribution in [1.82, 2.24) is 0 Å². The Morgan fingerprint density at radius 2 is 2.00 bits per heavy atom. The molecule has 0 spiro atoms. The molecular formula is C14H19NO. The minimum Gasteiger partial charge on any atom is -0.493 e. The van der Waals surface area contributed by atoms with Gasteiger partial charge in [-0.3, -0.25) is 0 Å². The third-order valence-electron chi connectivity index (χ3n) is 4.48. The highest BCUT2D eigenvalue weighted by Crippen LogP contribution is 2.59. The molecule has 2 nitrogen and oxygen atoms in total. The monoisotopic (exact) mass is 217 g/mol. The van der Waals surface area contributed by atoms with Gasteiger partial charge in [-0.1, -0.05) is 32.0 Å². The molecular weight excluding hydrogens is 198 g/mol. The first-order valence-electron chi connectivity index (χ1n) is 6.02. The number of rotatable bonds is 1. The zero-order valence-corrected chi connectivity index (χ0v) is 9.99. The van der Waals surface area contributed by atoms with Gasteiger partial charge in [0, 0.05) is 11.5 Å². The summed E-state index contributed by atoms with van der Waals surface area (Å²) >= 11 is 0. The molecule has 3 rings (SSSR count). The van der Waals surface area contributed by atoms with Crippen molar-refractivity contribution in [2.75, 3.05) is 6.61 Å². The average Bonchev–Trinajstić information content (AvgIpc) is 2.79. The van der Waals surface area contributed by atoms with Gasteiger partial charge >= 0.3 is 0 Å². The van der Waals surface area contributed by atoms with Crippen LogP contribution in [0.2, 0.25) is 0 Å². The van der Waals surface area contributed by atoms with E-state index in [0.29, 0.717) is 5.92 Å². The lowest BCUT2D eigenvalue weighted by Gasteiger charge is -2.31. The van der Waals surface area contributed by atoms with Crippen LogP contribution >= 0.6 is 0 Å². The maximum atomic E-state index is 6.48. The second-order valence-corrected chi connectivity index (χ2v) is 5.92. The molecule has 2 unspecified atom stereocenters. The Hall–Kier alpha value is -1.02. The van der Waals surface area contributed by atoms with Gasteiger partial charge < -0.3 is 10.5 Å². The second-order valence-electron chi connectivity index (χ2n) is 5.92. The predicted octanol–water partition coefficient (Wildman–Crippen LogP) is 2.37. The summed E-state index contributed by atoms with van der Waals surface area (Å²) in [7, 11) is 0. The summed E-state index contributed by atoms with van der Waals surface area (Å²) in [5, 5.41) is 0. The topological polar surface area (TPSA) is 35.2 Å². The maximum Gasteiger partial charge on any atom is 0.122 e. The van der Waals surface area contributed by atoms with Gasteiger partial charge in [-0.2, -0.15) is 0 Å². The Balaban J connectivity index is 1.84. The molecule has 0 amide bonds. The number of ether oxygens (including phenoxy) is 1. The fourth-order valence-corrected chi connectivity index (χ4v) is 3.04. The molecule has 2 atom stereocenters. The van der Waals surface area contributed by atoms with Crippen LogP contribution in [0.25, 0.3) is 0 Å². The van der Waals surface area contributed by atoms with Gasteiger partial charge in [-0.15, -0.1) is 0 Å². The Labute approximate surface area is 96.8 Å². The largest absolute Gasteiger partial charge is 0.493 e. The molecule has 1 heterocycles. The summed E-state index contributed by atoms with van der Waals surface area (Å²) in [4.78, 5) is 0.